The van der Waals surface area contributed by atoms with Gasteiger partial charge in [0.25, 0.3) is 0 Å². The van der Waals surface area contributed by atoms with Gasteiger partial charge in [0.2, 0.25) is 0 Å². The van der Waals surface area contributed by atoms with E-state index in [1.807, 2.05) is 0 Å². The maximum Gasteiger partial charge on any atom is 0.0200 e. The van der Waals surface area contributed by atoms with E-state index in [0.717, 1.165) is 18.1 Å². The number of hydrogen-bond donors (Lipinski definition) is 1. The van der Waals surface area contributed by atoms with Gasteiger partial charge in [0.05, 0.1) is 0 Å². The van der Waals surface area contributed by atoms with Crippen LogP contribution in [0.15, 0.2) is 0 Å². The van der Waals surface area contributed by atoms with Crippen LogP contribution in [0.4, 0.5) is 0 Å². The molecule has 2 aliphatic heterocycles. The minimum atomic E-state index is 0.715. The van der Waals surface area contributed by atoms with Crippen LogP contribution in [0.5, 0.6) is 0 Å². The summed E-state index contributed by atoms with van der Waals surface area (Å²) in [6, 6.07) is 3.15. The van der Waals surface area contributed by atoms with Crippen LogP contribution in [0.3, 0.4) is 0 Å². The minimum Gasteiger partial charge on any atom is -0.314 e. The summed E-state index contributed by atoms with van der Waals surface area (Å²) in [6.07, 6.45) is 8.29. The number of nitrogens with one attached hydrogen (secondary N) is 1. The first kappa shape index (κ1) is 17.2. The van der Waals surface area contributed by atoms with Gasteiger partial charge in [-0.05, 0) is 58.7 Å². The number of rotatable bonds is 8. The molecule has 2 rings (SSSR count). The average molecular weight is 296 g/mol. The van der Waals surface area contributed by atoms with Crippen LogP contribution in [0.1, 0.15) is 66.2 Å². The third-order valence-electron chi connectivity index (χ3n) is 5.64. The molecule has 21 heavy (non-hydrogen) atoms. The van der Waals surface area contributed by atoms with Crippen molar-refractivity contribution in [2.24, 2.45) is 0 Å². The SMILES string of the molecule is CCCNC1CC2CCCC(C1)N2C(C)CN(CC)CC. The highest BCUT2D eigenvalue weighted by atomic mass is 15.3. The van der Waals surface area contributed by atoms with Gasteiger partial charge >= 0.3 is 0 Å². The normalized spacial score (nSPS) is 31.6. The van der Waals surface area contributed by atoms with E-state index in [2.05, 4.69) is 42.8 Å². The highest BCUT2D eigenvalue weighted by Gasteiger charge is 2.40. The predicted octanol–water partition coefficient (Wildman–Crippen LogP) is 3.10. The summed E-state index contributed by atoms with van der Waals surface area (Å²) in [4.78, 5) is 5.48. The molecule has 2 fully saturated rings. The number of likely N-dealkylation sites (N-methyl/N-ethyl adjacent to an activating group) is 1. The van der Waals surface area contributed by atoms with Crippen LogP contribution in [0.2, 0.25) is 0 Å². The lowest BCUT2D eigenvalue weighted by molar-refractivity contribution is -0.0148. The van der Waals surface area contributed by atoms with Crippen molar-refractivity contribution in [1.29, 1.82) is 0 Å². The monoisotopic (exact) mass is 295 g/mol. The van der Waals surface area contributed by atoms with Gasteiger partial charge in [-0.15, -0.1) is 0 Å². The Morgan fingerprint density at radius 3 is 2.24 bits per heavy atom. The van der Waals surface area contributed by atoms with Gasteiger partial charge in [-0.25, -0.2) is 0 Å². The first-order valence-corrected chi connectivity index (χ1v) is 9.42. The average Bonchev–Trinajstić information content (AvgIpc) is 2.49. The Hall–Kier alpha value is -0.120. The maximum absolute atomic E-state index is 3.79. The van der Waals surface area contributed by atoms with Gasteiger partial charge in [0.15, 0.2) is 0 Å². The number of piperidine rings is 2. The third-order valence-corrected chi connectivity index (χ3v) is 5.64. The molecule has 0 aromatic heterocycles. The van der Waals surface area contributed by atoms with E-state index >= 15 is 0 Å². The molecular formula is C18H37N3. The van der Waals surface area contributed by atoms with Crippen molar-refractivity contribution in [2.45, 2.75) is 90.4 Å². The molecule has 0 saturated carbocycles. The van der Waals surface area contributed by atoms with E-state index in [0.29, 0.717) is 6.04 Å². The summed E-state index contributed by atoms with van der Waals surface area (Å²) in [6.45, 7) is 14.1. The van der Waals surface area contributed by atoms with Crippen LogP contribution in [0, 0.1) is 0 Å². The van der Waals surface area contributed by atoms with Gasteiger partial charge in [0.1, 0.15) is 0 Å². The van der Waals surface area contributed by atoms with Crippen LogP contribution in [-0.4, -0.2) is 60.1 Å². The summed E-state index contributed by atoms with van der Waals surface area (Å²) in [7, 11) is 0. The zero-order valence-electron chi connectivity index (χ0n) is 14.8. The molecule has 3 unspecified atom stereocenters. The third kappa shape index (κ3) is 4.43. The van der Waals surface area contributed by atoms with E-state index in [-0.39, 0.29) is 0 Å². The van der Waals surface area contributed by atoms with Crippen LogP contribution >= 0.6 is 0 Å². The molecule has 2 bridgehead atoms. The van der Waals surface area contributed by atoms with Crippen molar-refractivity contribution in [3.63, 3.8) is 0 Å². The van der Waals surface area contributed by atoms with Gasteiger partial charge in [-0.2, -0.15) is 0 Å². The summed E-state index contributed by atoms with van der Waals surface area (Å²) in [5.41, 5.74) is 0. The molecule has 0 aromatic carbocycles. The quantitative estimate of drug-likeness (QED) is 0.742. The number of fused-ring (bicyclic) bond motifs is 2. The molecule has 2 aliphatic rings. The molecule has 0 radical (unpaired) electrons. The lowest BCUT2D eigenvalue weighted by Crippen LogP contribution is -2.60. The Morgan fingerprint density at radius 1 is 1.10 bits per heavy atom. The fourth-order valence-electron chi connectivity index (χ4n) is 4.60. The Bertz CT molecular complexity index is 276. The standard InChI is InChI=1S/C18H37N3/c1-5-11-19-16-12-17-9-8-10-18(13-16)21(17)15(4)14-20(6-2)7-3/h15-19H,5-14H2,1-4H3. The molecule has 3 heteroatoms. The van der Waals surface area contributed by atoms with Crippen LogP contribution in [0.25, 0.3) is 0 Å². The smallest absolute Gasteiger partial charge is 0.0200 e. The largest absolute Gasteiger partial charge is 0.314 e. The molecule has 0 amide bonds. The van der Waals surface area contributed by atoms with Crippen molar-refractivity contribution in [1.82, 2.24) is 15.1 Å². The molecule has 0 spiro atoms. The number of nitrogens with zero attached hydrogens (tertiary/aromatic N) is 2. The zero-order valence-corrected chi connectivity index (χ0v) is 14.8. The maximum atomic E-state index is 3.79. The van der Waals surface area contributed by atoms with Crippen LogP contribution < -0.4 is 5.32 Å². The minimum absolute atomic E-state index is 0.715. The molecule has 1 N–H and O–H groups in total. The van der Waals surface area contributed by atoms with Crippen LogP contribution in [-0.2, 0) is 0 Å². The van der Waals surface area contributed by atoms with E-state index in [1.54, 1.807) is 0 Å². The zero-order chi connectivity index (χ0) is 15.2. The summed E-state index contributed by atoms with van der Waals surface area (Å²) in [5, 5.41) is 3.79. The lowest BCUT2D eigenvalue weighted by Gasteiger charge is -2.52. The second kappa shape index (κ2) is 8.50. The molecular weight excluding hydrogens is 258 g/mol. The molecule has 0 aliphatic carbocycles. The Kier molecular flexibility index (Phi) is 6.97. The fraction of sp³-hybridized carbons (Fsp3) is 1.00. The van der Waals surface area contributed by atoms with Crippen molar-refractivity contribution in [3.8, 4) is 0 Å². The molecule has 3 atom stereocenters. The van der Waals surface area contributed by atoms with Crippen molar-refractivity contribution < 1.29 is 0 Å². The van der Waals surface area contributed by atoms with Gasteiger partial charge in [-0.1, -0.05) is 27.2 Å². The van der Waals surface area contributed by atoms with Crippen molar-refractivity contribution >= 4 is 0 Å². The molecule has 2 heterocycles. The van der Waals surface area contributed by atoms with Crippen molar-refractivity contribution in [3.05, 3.63) is 0 Å². The van der Waals surface area contributed by atoms with E-state index in [1.165, 1.54) is 64.7 Å². The number of hydrogen-bond acceptors (Lipinski definition) is 3. The highest BCUT2D eigenvalue weighted by Crippen LogP contribution is 2.35. The molecule has 0 aromatic rings. The first-order chi connectivity index (χ1) is 10.2. The second-order valence-corrected chi connectivity index (χ2v) is 7.14. The fourth-order valence-corrected chi connectivity index (χ4v) is 4.60. The van der Waals surface area contributed by atoms with Gasteiger partial charge in [-0.3, -0.25) is 4.90 Å². The Balaban J connectivity index is 1.94. The second-order valence-electron chi connectivity index (χ2n) is 7.14. The van der Waals surface area contributed by atoms with Gasteiger partial charge in [0, 0.05) is 30.7 Å². The Morgan fingerprint density at radius 2 is 1.71 bits per heavy atom. The molecule has 2 saturated heterocycles. The van der Waals surface area contributed by atoms with Gasteiger partial charge < -0.3 is 10.2 Å². The van der Waals surface area contributed by atoms with Crippen molar-refractivity contribution in [2.75, 3.05) is 26.2 Å². The summed E-state index contributed by atoms with van der Waals surface area (Å²) in [5.74, 6) is 0. The lowest BCUT2D eigenvalue weighted by atomic mass is 9.80. The summed E-state index contributed by atoms with van der Waals surface area (Å²) >= 11 is 0. The predicted molar refractivity (Wildman–Crippen MR) is 91.8 cm³/mol. The van der Waals surface area contributed by atoms with E-state index in [9.17, 15) is 0 Å². The van der Waals surface area contributed by atoms with E-state index < -0.39 is 0 Å². The molecule has 3 nitrogen and oxygen atoms in total. The highest BCUT2D eigenvalue weighted by molar-refractivity contribution is 4.97. The van der Waals surface area contributed by atoms with E-state index in [4.69, 9.17) is 0 Å². The Labute approximate surface area is 132 Å². The summed E-state index contributed by atoms with van der Waals surface area (Å²) < 4.78 is 0. The molecule has 124 valence electrons. The topological polar surface area (TPSA) is 18.5 Å². The first-order valence-electron chi connectivity index (χ1n) is 9.42.